The maximum atomic E-state index is 13.5. The van der Waals surface area contributed by atoms with E-state index in [-0.39, 0.29) is 17.0 Å². The molecule has 4 nitrogen and oxygen atoms in total. The number of rotatable bonds is 4. The van der Waals surface area contributed by atoms with Gasteiger partial charge in [-0.3, -0.25) is 0 Å². The summed E-state index contributed by atoms with van der Waals surface area (Å²) in [7, 11) is -3.71. The van der Waals surface area contributed by atoms with Crippen LogP contribution in [-0.4, -0.2) is 14.0 Å². The molecule has 0 bridgehead atoms. The number of hydrogen-bond donors (Lipinski definition) is 2. The van der Waals surface area contributed by atoms with Crippen LogP contribution in [0.2, 0.25) is 0 Å². The smallest absolute Gasteiger partial charge is 0.241 e. The molecule has 0 spiro atoms. The summed E-state index contributed by atoms with van der Waals surface area (Å²) < 4.78 is 40.7. The van der Waals surface area contributed by atoms with Crippen LogP contribution in [0.5, 0.6) is 0 Å². The molecule has 0 aliphatic heterocycles. The standard InChI is InChI=1S/C12H17FN2O2S/c1-12(6-3-7-12)15-18(16,17)11-5-2-4-10(13)9(11)8-14/h2,4-5,15H,3,6-8,14H2,1H3. The predicted octanol–water partition coefficient (Wildman–Crippen LogP) is 1.51. The van der Waals surface area contributed by atoms with Crippen molar-refractivity contribution in [1.82, 2.24) is 4.72 Å². The highest BCUT2D eigenvalue weighted by Crippen LogP contribution is 2.33. The van der Waals surface area contributed by atoms with Gasteiger partial charge in [0.1, 0.15) is 5.82 Å². The first-order valence-corrected chi connectivity index (χ1v) is 7.38. The molecule has 1 saturated carbocycles. The van der Waals surface area contributed by atoms with Crippen molar-refractivity contribution >= 4 is 10.0 Å². The van der Waals surface area contributed by atoms with Crippen LogP contribution in [0.3, 0.4) is 0 Å². The molecule has 6 heteroatoms. The van der Waals surface area contributed by atoms with Crippen molar-refractivity contribution in [3.63, 3.8) is 0 Å². The molecule has 1 aromatic carbocycles. The highest BCUT2D eigenvalue weighted by molar-refractivity contribution is 7.89. The first-order valence-electron chi connectivity index (χ1n) is 5.89. The molecule has 0 atom stereocenters. The molecule has 1 aromatic rings. The first kappa shape index (κ1) is 13.5. The molecule has 0 aromatic heterocycles. The number of nitrogens with two attached hydrogens (primary N) is 1. The molecule has 18 heavy (non-hydrogen) atoms. The molecule has 3 N–H and O–H groups in total. The largest absolute Gasteiger partial charge is 0.326 e. The van der Waals surface area contributed by atoms with Gasteiger partial charge in [-0.1, -0.05) is 6.07 Å². The van der Waals surface area contributed by atoms with E-state index in [1.54, 1.807) is 0 Å². The summed E-state index contributed by atoms with van der Waals surface area (Å²) in [5.41, 5.74) is 5.06. The molecular formula is C12H17FN2O2S. The Labute approximate surface area is 106 Å². The summed E-state index contributed by atoms with van der Waals surface area (Å²) in [6.45, 7) is 1.72. The van der Waals surface area contributed by atoms with Gasteiger partial charge in [0, 0.05) is 17.6 Å². The van der Waals surface area contributed by atoms with Gasteiger partial charge in [-0.25, -0.2) is 17.5 Å². The Morgan fingerprint density at radius 1 is 1.44 bits per heavy atom. The third-order valence-electron chi connectivity index (χ3n) is 3.41. The fourth-order valence-electron chi connectivity index (χ4n) is 2.18. The van der Waals surface area contributed by atoms with E-state index in [1.165, 1.54) is 18.2 Å². The van der Waals surface area contributed by atoms with Crippen LogP contribution in [0.25, 0.3) is 0 Å². The quantitative estimate of drug-likeness (QED) is 0.872. The minimum Gasteiger partial charge on any atom is -0.326 e. The van der Waals surface area contributed by atoms with Crippen LogP contribution >= 0.6 is 0 Å². The number of benzene rings is 1. The Bertz CT molecular complexity index is 553. The highest BCUT2D eigenvalue weighted by atomic mass is 32.2. The van der Waals surface area contributed by atoms with Crippen LogP contribution in [0.4, 0.5) is 4.39 Å². The second-order valence-corrected chi connectivity index (χ2v) is 6.59. The van der Waals surface area contributed by atoms with Gasteiger partial charge in [-0.2, -0.15) is 0 Å². The normalized spacial score (nSPS) is 18.4. The summed E-state index contributed by atoms with van der Waals surface area (Å²) >= 11 is 0. The summed E-state index contributed by atoms with van der Waals surface area (Å²) in [4.78, 5) is -0.0573. The summed E-state index contributed by atoms with van der Waals surface area (Å²) in [5, 5.41) is 0. The molecule has 1 fully saturated rings. The van der Waals surface area contributed by atoms with Crippen LogP contribution < -0.4 is 10.5 Å². The first-order chi connectivity index (χ1) is 8.38. The van der Waals surface area contributed by atoms with Crippen molar-refractivity contribution in [3.05, 3.63) is 29.6 Å². The fourth-order valence-corrected chi connectivity index (χ4v) is 3.90. The van der Waals surface area contributed by atoms with Gasteiger partial charge in [-0.15, -0.1) is 0 Å². The predicted molar refractivity (Wildman–Crippen MR) is 66.9 cm³/mol. The number of halogens is 1. The Kier molecular flexibility index (Phi) is 3.44. The summed E-state index contributed by atoms with van der Waals surface area (Å²) in [5.74, 6) is -0.584. The molecule has 0 heterocycles. The lowest BCUT2D eigenvalue weighted by molar-refractivity contribution is 0.248. The monoisotopic (exact) mass is 272 g/mol. The van der Waals surface area contributed by atoms with E-state index >= 15 is 0 Å². The van der Waals surface area contributed by atoms with E-state index in [1.807, 2.05) is 6.92 Å². The van der Waals surface area contributed by atoms with E-state index < -0.39 is 21.4 Å². The fraction of sp³-hybridized carbons (Fsp3) is 0.500. The number of hydrogen-bond acceptors (Lipinski definition) is 3. The van der Waals surface area contributed by atoms with Crippen molar-refractivity contribution < 1.29 is 12.8 Å². The zero-order valence-electron chi connectivity index (χ0n) is 10.2. The van der Waals surface area contributed by atoms with Crippen molar-refractivity contribution in [3.8, 4) is 0 Å². The molecule has 100 valence electrons. The molecule has 1 aliphatic rings. The molecule has 2 rings (SSSR count). The zero-order chi connectivity index (χ0) is 13.4. The van der Waals surface area contributed by atoms with Gasteiger partial charge in [0.15, 0.2) is 0 Å². The minimum absolute atomic E-state index is 0.0351. The van der Waals surface area contributed by atoms with Gasteiger partial charge < -0.3 is 5.73 Å². The lowest BCUT2D eigenvalue weighted by Crippen LogP contribution is -2.50. The third kappa shape index (κ3) is 2.41. The Morgan fingerprint density at radius 2 is 2.11 bits per heavy atom. The van der Waals surface area contributed by atoms with Gasteiger partial charge in [-0.05, 0) is 38.3 Å². The van der Waals surface area contributed by atoms with Gasteiger partial charge in [0.05, 0.1) is 4.90 Å². The van der Waals surface area contributed by atoms with E-state index in [9.17, 15) is 12.8 Å². The lowest BCUT2D eigenvalue weighted by Gasteiger charge is -2.38. The van der Waals surface area contributed by atoms with Gasteiger partial charge in [0.25, 0.3) is 0 Å². The lowest BCUT2D eigenvalue weighted by atomic mass is 9.80. The minimum atomic E-state index is -3.71. The molecule has 0 unspecified atom stereocenters. The van der Waals surface area contributed by atoms with E-state index in [0.717, 1.165) is 19.3 Å². The number of sulfonamides is 1. The van der Waals surface area contributed by atoms with Gasteiger partial charge >= 0.3 is 0 Å². The zero-order valence-corrected chi connectivity index (χ0v) is 11.1. The van der Waals surface area contributed by atoms with Crippen LogP contribution in [0.15, 0.2) is 23.1 Å². The van der Waals surface area contributed by atoms with Crippen LogP contribution in [-0.2, 0) is 16.6 Å². The Morgan fingerprint density at radius 3 is 2.61 bits per heavy atom. The SMILES string of the molecule is CC1(NS(=O)(=O)c2cccc(F)c2CN)CCC1. The van der Waals surface area contributed by atoms with Crippen molar-refractivity contribution in [2.45, 2.75) is 43.2 Å². The second kappa shape index (κ2) is 4.60. The average molecular weight is 272 g/mol. The van der Waals surface area contributed by atoms with Crippen molar-refractivity contribution in [2.24, 2.45) is 5.73 Å². The van der Waals surface area contributed by atoms with Crippen molar-refractivity contribution in [1.29, 1.82) is 0 Å². The van der Waals surface area contributed by atoms with E-state index in [0.29, 0.717) is 0 Å². The summed E-state index contributed by atoms with van der Waals surface area (Å²) in [6.07, 6.45) is 2.62. The molecule has 1 aliphatic carbocycles. The van der Waals surface area contributed by atoms with E-state index in [4.69, 9.17) is 5.73 Å². The highest BCUT2D eigenvalue weighted by Gasteiger charge is 2.36. The van der Waals surface area contributed by atoms with Gasteiger partial charge in [0.2, 0.25) is 10.0 Å². The molecule has 0 radical (unpaired) electrons. The van der Waals surface area contributed by atoms with Crippen LogP contribution in [0, 0.1) is 5.82 Å². The molecule has 0 saturated heterocycles. The average Bonchev–Trinajstić information content (AvgIpc) is 2.26. The summed E-state index contributed by atoms with van der Waals surface area (Å²) in [6, 6.07) is 3.98. The topological polar surface area (TPSA) is 72.2 Å². The Hall–Kier alpha value is -0.980. The maximum Gasteiger partial charge on any atom is 0.241 e. The molecule has 0 amide bonds. The van der Waals surface area contributed by atoms with Crippen LogP contribution in [0.1, 0.15) is 31.7 Å². The number of nitrogens with one attached hydrogen (secondary N) is 1. The maximum absolute atomic E-state index is 13.5. The molecular weight excluding hydrogens is 255 g/mol. The second-order valence-electron chi connectivity index (χ2n) is 4.94. The Balaban J connectivity index is 2.38. The van der Waals surface area contributed by atoms with E-state index in [2.05, 4.69) is 4.72 Å². The van der Waals surface area contributed by atoms with Crippen molar-refractivity contribution in [2.75, 3.05) is 0 Å². The third-order valence-corrected chi connectivity index (χ3v) is 5.13.